The van der Waals surface area contributed by atoms with Crippen molar-refractivity contribution in [3.63, 3.8) is 0 Å². The molecule has 3 unspecified atom stereocenters. The molecule has 1 heterocycles. The van der Waals surface area contributed by atoms with Gasteiger partial charge in [-0.1, -0.05) is 38.5 Å². The summed E-state index contributed by atoms with van der Waals surface area (Å²) in [6, 6.07) is 0.750. The number of Topliss-reactive ketones (excluding diaryl/α,β-unsaturated/α-hetero) is 1. The van der Waals surface area contributed by atoms with E-state index in [4.69, 9.17) is 0 Å². The van der Waals surface area contributed by atoms with Gasteiger partial charge >= 0.3 is 0 Å². The summed E-state index contributed by atoms with van der Waals surface area (Å²) in [5.74, 6) is 0.875. The summed E-state index contributed by atoms with van der Waals surface area (Å²) in [5.41, 5.74) is 0. The zero-order valence-electron chi connectivity index (χ0n) is 13.1. The maximum absolute atomic E-state index is 12.6. The van der Waals surface area contributed by atoms with Gasteiger partial charge in [0.05, 0.1) is 6.04 Å². The Kier molecular flexibility index (Phi) is 7.01. The van der Waals surface area contributed by atoms with Crippen LogP contribution < -0.4 is 10.6 Å². The lowest BCUT2D eigenvalue weighted by Gasteiger charge is -2.36. The van der Waals surface area contributed by atoms with Crippen LogP contribution in [-0.2, 0) is 4.79 Å². The van der Waals surface area contributed by atoms with E-state index in [1.54, 1.807) is 0 Å². The minimum atomic E-state index is 0.148. The molecule has 116 valence electrons. The first-order valence-electron chi connectivity index (χ1n) is 8.75. The number of rotatable bonds is 5. The van der Waals surface area contributed by atoms with Gasteiger partial charge in [0.2, 0.25) is 0 Å². The molecule has 2 fully saturated rings. The molecule has 3 atom stereocenters. The highest BCUT2D eigenvalue weighted by Gasteiger charge is 2.34. The lowest BCUT2D eigenvalue weighted by atomic mass is 9.79. The van der Waals surface area contributed by atoms with Gasteiger partial charge in [0.1, 0.15) is 0 Å². The van der Waals surface area contributed by atoms with Gasteiger partial charge in [0.25, 0.3) is 0 Å². The van der Waals surface area contributed by atoms with Crippen LogP contribution in [0.1, 0.15) is 70.6 Å². The summed E-state index contributed by atoms with van der Waals surface area (Å²) < 4.78 is 0. The van der Waals surface area contributed by atoms with Crippen molar-refractivity contribution in [2.75, 3.05) is 13.6 Å². The molecule has 2 aliphatic rings. The Morgan fingerprint density at radius 2 is 1.85 bits per heavy atom. The van der Waals surface area contributed by atoms with E-state index in [2.05, 4.69) is 10.6 Å². The van der Waals surface area contributed by atoms with E-state index in [0.717, 1.165) is 32.2 Å². The fraction of sp³-hybridized carbons (Fsp3) is 0.941. The Labute approximate surface area is 124 Å². The standard InChI is InChI=1S/C17H32N2O/c1-18-12-8-7-11-16-17(20)14-9-5-3-2-4-6-10-15(13-14)19-16/h14-16,18-19H,2-13H2,1H3. The van der Waals surface area contributed by atoms with Crippen molar-refractivity contribution < 1.29 is 4.79 Å². The molecule has 2 bridgehead atoms. The fourth-order valence-electron chi connectivity index (χ4n) is 3.83. The van der Waals surface area contributed by atoms with Gasteiger partial charge < -0.3 is 10.6 Å². The minimum Gasteiger partial charge on any atom is -0.320 e. The molecule has 20 heavy (non-hydrogen) atoms. The van der Waals surface area contributed by atoms with Crippen molar-refractivity contribution in [1.82, 2.24) is 10.6 Å². The molecule has 0 radical (unpaired) electrons. The summed E-state index contributed by atoms with van der Waals surface area (Å²) in [4.78, 5) is 12.6. The van der Waals surface area contributed by atoms with Crippen LogP contribution in [0.2, 0.25) is 0 Å². The molecule has 1 aliphatic heterocycles. The number of carbonyl (C=O) groups is 1. The molecule has 3 heteroatoms. The number of carbonyl (C=O) groups excluding carboxylic acids is 1. The molecule has 0 aromatic rings. The topological polar surface area (TPSA) is 41.1 Å². The molecule has 0 aromatic heterocycles. The lowest BCUT2D eigenvalue weighted by molar-refractivity contribution is -0.128. The summed E-state index contributed by atoms with van der Waals surface area (Å²) in [5, 5.41) is 6.84. The first-order valence-corrected chi connectivity index (χ1v) is 8.75. The first-order chi connectivity index (χ1) is 9.81. The molecule has 1 saturated carbocycles. The molecular weight excluding hydrogens is 248 g/mol. The smallest absolute Gasteiger partial charge is 0.152 e. The van der Waals surface area contributed by atoms with E-state index in [0.29, 0.717) is 17.7 Å². The summed E-state index contributed by atoms with van der Waals surface area (Å²) in [7, 11) is 1.99. The average Bonchev–Trinajstić information content (AvgIpc) is 2.46. The van der Waals surface area contributed by atoms with Gasteiger partial charge in [0, 0.05) is 12.0 Å². The van der Waals surface area contributed by atoms with Crippen LogP contribution in [0, 0.1) is 5.92 Å². The molecule has 1 saturated heterocycles. The van der Waals surface area contributed by atoms with E-state index in [1.165, 1.54) is 44.9 Å². The highest BCUT2D eigenvalue weighted by Crippen LogP contribution is 2.28. The van der Waals surface area contributed by atoms with Crippen LogP contribution >= 0.6 is 0 Å². The molecule has 0 spiro atoms. The lowest BCUT2D eigenvalue weighted by Crippen LogP contribution is -2.52. The Balaban J connectivity index is 1.86. The van der Waals surface area contributed by atoms with Crippen molar-refractivity contribution in [3.8, 4) is 0 Å². The number of nitrogens with one attached hydrogen (secondary N) is 2. The summed E-state index contributed by atoms with van der Waals surface area (Å²) in [6.45, 7) is 1.06. The zero-order valence-corrected chi connectivity index (χ0v) is 13.1. The van der Waals surface area contributed by atoms with Crippen LogP contribution in [0.4, 0.5) is 0 Å². The Bertz CT molecular complexity index is 293. The van der Waals surface area contributed by atoms with Crippen LogP contribution in [0.25, 0.3) is 0 Å². The molecule has 2 rings (SSSR count). The van der Waals surface area contributed by atoms with Crippen molar-refractivity contribution in [2.45, 2.75) is 82.7 Å². The van der Waals surface area contributed by atoms with Gasteiger partial charge in [-0.05, 0) is 45.7 Å². The SMILES string of the molecule is CNCCCCC1NC2CCCCCCCC(C2)C1=O. The number of ketones is 1. The number of unbranched alkanes of at least 4 members (excludes halogenated alkanes) is 1. The monoisotopic (exact) mass is 280 g/mol. The van der Waals surface area contributed by atoms with Crippen LogP contribution in [0.15, 0.2) is 0 Å². The third-order valence-electron chi connectivity index (χ3n) is 5.03. The molecule has 3 nitrogen and oxygen atoms in total. The van der Waals surface area contributed by atoms with Crippen molar-refractivity contribution in [2.24, 2.45) is 5.92 Å². The highest BCUT2D eigenvalue weighted by atomic mass is 16.1. The maximum atomic E-state index is 12.6. The Hall–Kier alpha value is -0.410. The predicted molar refractivity (Wildman–Crippen MR) is 83.9 cm³/mol. The maximum Gasteiger partial charge on any atom is 0.152 e. The second-order valence-electron chi connectivity index (χ2n) is 6.70. The van der Waals surface area contributed by atoms with Gasteiger partial charge in [-0.25, -0.2) is 0 Å². The van der Waals surface area contributed by atoms with Crippen molar-refractivity contribution in [3.05, 3.63) is 0 Å². The van der Waals surface area contributed by atoms with Crippen LogP contribution in [-0.4, -0.2) is 31.5 Å². The van der Waals surface area contributed by atoms with Crippen molar-refractivity contribution in [1.29, 1.82) is 0 Å². The minimum absolute atomic E-state index is 0.148. The predicted octanol–water partition coefficient (Wildman–Crippen LogP) is 3.04. The van der Waals surface area contributed by atoms with E-state index < -0.39 is 0 Å². The Morgan fingerprint density at radius 1 is 1.10 bits per heavy atom. The number of hydrogen-bond donors (Lipinski definition) is 2. The van der Waals surface area contributed by atoms with Gasteiger partial charge in [0.15, 0.2) is 5.78 Å². The van der Waals surface area contributed by atoms with Gasteiger partial charge in [-0.3, -0.25) is 4.79 Å². The quantitative estimate of drug-likeness (QED) is 0.761. The highest BCUT2D eigenvalue weighted by molar-refractivity contribution is 5.87. The number of piperidine rings is 1. The molecule has 2 N–H and O–H groups in total. The third-order valence-corrected chi connectivity index (χ3v) is 5.03. The number of hydrogen-bond acceptors (Lipinski definition) is 3. The van der Waals surface area contributed by atoms with Gasteiger partial charge in [-0.2, -0.15) is 0 Å². The summed E-state index contributed by atoms with van der Waals surface area (Å²) in [6.07, 6.45) is 13.6. The van der Waals surface area contributed by atoms with Crippen molar-refractivity contribution >= 4 is 5.78 Å². The second kappa shape index (κ2) is 8.78. The zero-order chi connectivity index (χ0) is 14.2. The van der Waals surface area contributed by atoms with E-state index in [-0.39, 0.29) is 6.04 Å². The molecule has 1 aliphatic carbocycles. The normalized spacial score (nSPS) is 32.0. The second-order valence-corrected chi connectivity index (χ2v) is 6.70. The molecule has 0 aromatic carbocycles. The first kappa shape index (κ1) is 16.0. The largest absolute Gasteiger partial charge is 0.320 e. The third kappa shape index (κ3) is 4.85. The number of fused-ring (bicyclic) bond motifs is 2. The molecule has 0 amide bonds. The van der Waals surface area contributed by atoms with Gasteiger partial charge in [-0.15, -0.1) is 0 Å². The average molecular weight is 280 g/mol. The van der Waals surface area contributed by atoms with E-state index >= 15 is 0 Å². The van der Waals surface area contributed by atoms with Crippen LogP contribution in [0.5, 0.6) is 0 Å². The van der Waals surface area contributed by atoms with Crippen LogP contribution in [0.3, 0.4) is 0 Å². The van der Waals surface area contributed by atoms with E-state index in [9.17, 15) is 4.79 Å². The summed E-state index contributed by atoms with van der Waals surface area (Å²) >= 11 is 0. The molecular formula is C17H32N2O. The Morgan fingerprint density at radius 3 is 2.65 bits per heavy atom. The van der Waals surface area contributed by atoms with E-state index in [1.807, 2.05) is 7.05 Å². The fourth-order valence-corrected chi connectivity index (χ4v) is 3.83.